The van der Waals surface area contributed by atoms with Crippen LogP contribution in [0.1, 0.15) is 58.2 Å². The second kappa shape index (κ2) is 11.3. The van der Waals surface area contributed by atoms with E-state index in [0.29, 0.717) is 0 Å². The lowest BCUT2D eigenvalue weighted by molar-refractivity contribution is 0.590. The predicted octanol–water partition coefficient (Wildman–Crippen LogP) is 13.2. The van der Waals surface area contributed by atoms with Gasteiger partial charge in [-0.2, -0.15) is 0 Å². The first-order valence-corrected chi connectivity index (χ1v) is 17.3. The fourth-order valence-corrected chi connectivity index (χ4v) is 7.38. The number of aryl methyl sites for hydroxylation is 1. The average molecular weight is 638 g/mol. The fraction of sp³-hybridized carbons (Fsp3) is 0.196. The van der Waals surface area contributed by atoms with Crippen LogP contribution in [0.2, 0.25) is 0 Å². The van der Waals surface area contributed by atoms with Crippen LogP contribution in [0, 0.1) is 6.92 Å². The molecule has 1 aliphatic heterocycles. The number of hydrogen-bond acceptors (Lipinski definition) is 3. The third-order valence-electron chi connectivity index (χ3n) is 10.0. The zero-order chi connectivity index (χ0) is 34.1. The van der Waals surface area contributed by atoms with Gasteiger partial charge >= 0.3 is 0 Å². The van der Waals surface area contributed by atoms with Gasteiger partial charge in [0.2, 0.25) is 0 Å². The molecule has 0 atom stereocenters. The molecule has 0 amide bonds. The summed E-state index contributed by atoms with van der Waals surface area (Å²) < 4.78 is 0. The van der Waals surface area contributed by atoms with Crippen molar-refractivity contribution in [3.63, 3.8) is 0 Å². The molecule has 6 aromatic carbocycles. The minimum atomic E-state index is 0.0146. The van der Waals surface area contributed by atoms with E-state index in [2.05, 4.69) is 185 Å². The maximum absolute atomic E-state index is 4.40. The second-order valence-corrected chi connectivity index (χ2v) is 15.5. The maximum atomic E-state index is 4.40. The third-order valence-corrected chi connectivity index (χ3v) is 10.0. The van der Waals surface area contributed by atoms with E-state index >= 15 is 0 Å². The van der Waals surface area contributed by atoms with E-state index in [1.807, 2.05) is 12.4 Å². The van der Waals surface area contributed by atoms with Crippen molar-refractivity contribution in [1.29, 1.82) is 0 Å². The highest BCUT2D eigenvalue weighted by Gasteiger charge is 2.32. The summed E-state index contributed by atoms with van der Waals surface area (Å²) in [6.45, 7) is 15.9. The van der Waals surface area contributed by atoms with Crippen molar-refractivity contribution in [2.24, 2.45) is 0 Å². The van der Waals surface area contributed by atoms with Gasteiger partial charge in [0.05, 0.1) is 17.1 Å². The summed E-state index contributed by atoms with van der Waals surface area (Å²) in [5, 5.41) is 4.90. The molecule has 242 valence electrons. The first kappa shape index (κ1) is 30.9. The highest BCUT2D eigenvalue weighted by atomic mass is 15.2. The van der Waals surface area contributed by atoms with Gasteiger partial charge in [-0.3, -0.25) is 4.98 Å². The van der Waals surface area contributed by atoms with E-state index in [1.165, 1.54) is 66.4 Å². The van der Waals surface area contributed by atoms with Crippen molar-refractivity contribution in [3.05, 3.63) is 150 Å². The van der Waals surface area contributed by atoms with Gasteiger partial charge in [-0.25, -0.2) is 0 Å². The Kier molecular flexibility index (Phi) is 7.15. The third kappa shape index (κ3) is 5.16. The Labute approximate surface area is 290 Å². The fourth-order valence-electron chi connectivity index (χ4n) is 7.38. The molecule has 8 rings (SSSR count). The topological polar surface area (TPSA) is 19.4 Å². The Morgan fingerprint density at radius 3 is 1.80 bits per heavy atom. The molecule has 1 aliphatic rings. The second-order valence-electron chi connectivity index (χ2n) is 15.5. The van der Waals surface area contributed by atoms with Gasteiger partial charge in [-0.05, 0) is 83.0 Å². The van der Waals surface area contributed by atoms with E-state index in [9.17, 15) is 0 Å². The molecular weight excluding hydrogens is 595 g/mol. The number of rotatable bonds is 4. The molecule has 0 N–H and O–H groups in total. The minimum Gasteiger partial charge on any atom is -0.309 e. The predicted molar refractivity (Wildman–Crippen MR) is 210 cm³/mol. The highest BCUT2D eigenvalue weighted by Crippen LogP contribution is 2.57. The van der Waals surface area contributed by atoms with Crippen LogP contribution < -0.4 is 9.80 Å². The molecule has 7 aromatic rings. The van der Waals surface area contributed by atoms with Crippen LogP contribution in [0.3, 0.4) is 0 Å². The largest absolute Gasteiger partial charge is 0.309 e. The summed E-state index contributed by atoms with van der Waals surface area (Å²) >= 11 is 0. The van der Waals surface area contributed by atoms with E-state index in [1.54, 1.807) is 0 Å². The SMILES string of the molecule is Cc1ccc(N(c2ccc(C(C)(C)C)cc2)c2c3ccccc3c3c4c(cccc24)-c2cc(C(C)(C)C)ccc2N3c2ccncc2)cc1. The quantitative estimate of drug-likeness (QED) is 0.179. The normalized spacial score (nSPS) is 12.8. The zero-order valence-corrected chi connectivity index (χ0v) is 29.5. The van der Waals surface area contributed by atoms with Gasteiger partial charge in [0, 0.05) is 56.6 Å². The van der Waals surface area contributed by atoms with Crippen LogP contribution >= 0.6 is 0 Å². The van der Waals surface area contributed by atoms with E-state index < -0.39 is 0 Å². The summed E-state index contributed by atoms with van der Waals surface area (Å²) in [7, 11) is 0. The Balaban J connectivity index is 1.52. The monoisotopic (exact) mass is 637 g/mol. The van der Waals surface area contributed by atoms with Crippen molar-refractivity contribution < 1.29 is 0 Å². The van der Waals surface area contributed by atoms with Crippen LogP contribution in [0.15, 0.2) is 134 Å². The number of fused-ring (bicyclic) bond motifs is 4. The Morgan fingerprint density at radius 2 is 1.14 bits per heavy atom. The van der Waals surface area contributed by atoms with Crippen molar-refractivity contribution in [2.45, 2.75) is 59.3 Å². The van der Waals surface area contributed by atoms with Gasteiger partial charge in [0.15, 0.2) is 0 Å². The lowest BCUT2D eigenvalue weighted by Crippen LogP contribution is -2.19. The van der Waals surface area contributed by atoms with Gasteiger partial charge < -0.3 is 9.80 Å². The summed E-state index contributed by atoms with van der Waals surface area (Å²) in [5.41, 5.74) is 13.4. The van der Waals surface area contributed by atoms with E-state index in [4.69, 9.17) is 0 Å². The molecule has 0 aliphatic carbocycles. The first-order chi connectivity index (χ1) is 23.5. The van der Waals surface area contributed by atoms with Crippen LogP contribution in [0.4, 0.5) is 34.1 Å². The molecule has 0 unspecified atom stereocenters. The first-order valence-electron chi connectivity index (χ1n) is 17.3. The van der Waals surface area contributed by atoms with Crippen LogP contribution in [-0.4, -0.2) is 4.98 Å². The van der Waals surface area contributed by atoms with Gasteiger partial charge in [-0.1, -0.05) is 120 Å². The summed E-state index contributed by atoms with van der Waals surface area (Å²) in [6.07, 6.45) is 3.79. The van der Waals surface area contributed by atoms with Gasteiger partial charge in [0.25, 0.3) is 0 Å². The Morgan fingerprint density at radius 1 is 0.551 bits per heavy atom. The number of hydrogen-bond donors (Lipinski definition) is 0. The lowest BCUT2D eigenvalue weighted by Gasteiger charge is -2.37. The van der Waals surface area contributed by atoms with Crippen molar-refractivity contribution in [2.75, 3.05) is 9.80 Å². The Bertz CT molecular complexity index is 2340. The molecule has 1 aromatic heterocycles. The van der Waals surface area contributed by atoms with Gasteiger partial charge in [-0.15, -0.1) is 0 Å². The molecule has 0 saturated heterocycles. The standard InChI is InChI=1S/C46H43N3/c1-30-15-20-33(21-16-30)48(34-22-17-31(18-23-34)45(2,3)4)43-37-11-8-9-12-38(37)44-42-36(13-10-14-39(42)43)40-29-32(46(5,6)7)19-24-41(40)49(44)35-25-27-47-28-26-35/h8-29H,1-7H3. The van der Waals surface area contributed by atoms with Crippen LogP contribution in [-0.2, 0) is 10.8 Å². The molecular formula is C46H43N3. The average Bonchev–Trinajstić information content (AvgIpc) is 3.10. The summed E-state index contributed by atoms with van der Waals surface area (Å²) in [5.74, 6) is 0. The molecule has 3 nitrogen and oxygen atoms in total. The lowest BCUT2D eigenvalue weighted by atomic mass is 9.82. The molecule has 0 radical (unpaired) electrons. The number of nitrogens with zero attached hydrogens (tertiary/aromatic N) is 3. The summed E-state index contributed by atoms with van der Waals surface area (Å²) in [4.78, 5) is 9.32. The van der Waals surface area contributed by atoms with Crippen molar-refractivity contribution in [3.8, 4) is 11.1 Å². The molecule has 0 saturated carbocycles. The zero-order valence-electron chi connectivity index (χ0n) is 29.5. The maximum Gasteiger partial charge on any atom is 0.0626 e. The summed E-state index contributed by atoms with van der Waals surface area (Å²) in [6, 6.07) is 45.2. The molecule has 49 heavy (non-hydrogen) atoms. The number of anilines is 6. The molecule has 3 heteroatoms. The van der Waals surface area contributed by atoms with Gasteiger partial charge in [0.1, 0.15) is 0 Å². The van der Waals surface area contributed by atoms with Crippen molar-refractivity contribution >= 4 is 55.7 Å². The minimum absolute atomic E-state index is 0.0146. The number of aromatic nitrogens is 1. The number of pyridine rings is 1. The van der Waals surface area contributed by atoms with Crippen molar-refractivity contribution in [1.82, 2.24) is 4.98 Å². The highest BCUT2D eigenvalue weighted by molar-refractivity contribution is 6.28. The van der Waals surface area contributed by atoms with E-state index in [0.717, 1.165) is 17.1 Å². The Hall–Kier alpha value is -5.41. The number of benzene rings is 6. The van der Waals surface area contributed by atoms with Crippen LogP contribution in [0.25, 0.3) is 32.7 Å². The smallest absolute Gasteiger partial charge is 0.0626 e. The van der Waals surface area contributed by atoms with E-state index in [-0.39, 0.29) is 10.8 Å². The molecule has 0 fully saturated rings. The molecule has 0 spiro atoms. The van der Waals surface area contributed by atoms with Crippen LogP contribution in [0.5, 0.6) is 0 Å². The molecule has 2 heterocycles. The molecule has 0 bridgehead atoms.